The van der Waals surface area contributed by atoms with E-state index in [1.165, 1.54) is 6.42 Å². The number of likely N-dealkylation sites (N-methyl/N-ethyl adjacent to an activating group) is 1. The summed E-state index contributed by atoms with van der Waals surface area (Å²) in [6, 6.07) is 6.22. The zero-order valence-corrected chi connectivity index (χ0v) is 22.0. The van der Waals surface area contributed by atoms with Crippen molar-refractivity contribution in [1.29, 1.82) is 0 Å². The minimum Gasteiger partial charge on any atom is -0.473 e. The largest absolute Gasteiger partial charge is 0.473 e. The Morgan fingerprint density at radius 2 is 2.00 bits per heavy atom. The van der Waals surface area contributed by atoms with E-state index in [0.29, 0.717) is 35.7 Å². The first-order valence-corrected chi connectivity index (χ1v) is 13.7. The van der Waals surface area contributed by atoms with Gasteiger partial charge in [0.25, 0.3) is 0 Å². The standard InChI is InChI=1S/C29H35N5O3/c1-18-11-12-20(17-30-18)22-16-25(36-19(2)23-9-7-15-34(23)3)32-28(31-22)26-21-8-6-14-29(27(21)33-37-26)13-5-4-10-24(29)35/h11-12,16-17,19,23H,4-10,13-15H2,1-3H3/t19-,23-,29+/m0/s1. The summed E-state index contributed by atoms with van der Waals surface area (Å²) in [7, 11) is 2.15. The molecule has 6 rings (SSSR count). The molecular formula is C29H35N5O3. The van der Waals surface area contributed by atoms with Crippen molar-refractivity contribution in [2.75, 3.05) is 13.6 Å². The van der Waals surface area contributed by atoms with Gasteiger partial charge in [-0.05, 0) is 84.5 Å². The van der Waals surface area contributed by atoms with Crippen LogP contribution in [0.15, 0.2) is 28.9 Å². The molecule has 2 fully saturated rings. The summed E-state index contributed by atoms with van der Waals surface area (Å²) in [5, 5.41) is 4.50. The predicted molar refractivity (Wildman–Crippen MR) is 139 cm³/mol. The molecular weight excluding hydrogens is 466 g/mol. The highest BCUT2D eigenvalue weighted by atomic mass is 16.5. The van der Waals surface area contributed by atoms with Crippen molar-refractivity contribution in [1.82, 2.24) is 25.0 Å². The Labute approximate surface area is 217 Å². The number of pyridine rings is 1. The third kappa shape index (κ3) is 4.35. The molecule has 37 heavy (non-hydrogen) atoms. The quantitative estimate of drug-likeness (QED) is 0.478. The summed E-state index contributed by atoms with van der Waals surface area (Å²) in [6.07, 6.45) is 10.2. The fraction of sp³-hybridized carbons (Fsp3) is 0.552. The summed E-state index contributed by atoms with van der Waals surface area (Å²) < 4.78 is 12.4. The first kappa shape index (κ1) is 24.2. The van der Waals surface area contributed by atoms with Gasteiger partial charge in [0.15, 0.2) is 0 Å². The average Bonchev–Trinajstić information content (AvgIpc) is 3.53. The SMILES string of the molecule is Cc1ccc(-c2cc(O[C@@H](C)[C@@H]3CCCN3C)nc(-c3onc4c3CCC[C@@]43CCCCC3=O)n2)cn1. The van der Waals surface area contributed by atoms with E-state index >= 15 is 0 Å². The molecule has 0 radical (unpaired) electrons. The van der Waals surface area contributed by atoms with Crippen LogP contribution in [-0.2, 0) is 16.6 Å². The molecule has 0 aromatic carbocycles. The highest BCUT2D eigenvalue weighted by Gasteiger charge is 2.48. The van der Waals surface area contributed by atoms with Gasteiger partial charge in [0.2, 0.25) is 17.5 Å². The molecule has 3 aromatic heterocycles. The fourth-order valence-electron chi connectivity index (χ4n) is 6.54. The average molecular weight is 502 g/mol. The van der Waals surface area contributed by atoms with Crippen molar-refractivity contribution >= 4 is 5.78 Å². The molecule has 0 bridgehead atoms. The molecule has 1 spiro atoms. The Kier molecular flexibility index (Phi) is 6.31. The van der Waals surface area contributed by atoms with Crippen molar-refractivity contribution in [3.05, 3.63) is 41.3 Å². The van der Waals surface area contributed by atoms with Crippen LogP contribution in [0, 0.1) is 6.92 Å². The summed E-state index contributed by atoms with van der Waals surface area (Å²) in [6.45, 7) is 5.15. The van der Waals surface area contributed by atoms with Gasteiger partial charge in [-0.15, -0.1) is 0 Å². The fourth-order valence-corrected chi connectivity index (χ4v) is 6.54. The lowest BCUT2D eigenvalue weighted by Crippen LogP contribution is -2.41. The van der Waals surface area contributed by atoms with Crippen LogP contribution >= 0.6 is 0 Å². The van der Waals surface area contributed by atoms with Crippen LogP contribution in [0.3, 0.4) is 0 Å². The van der Waals surface area contributed by atoms with Gasteiger partial charge in [-0.3, -0.25) is 14.7 Å². The molecule has 8 heteroatoms. The third-order valence-corrected chi connectivity index (χ3v) is 8.60. The van der Waals surface area contributed by atoms with E-state index < -0.39 is 5.41 Å². The summed E-state index contributed by atoms with van der Waals surface area (Å²) in [5.41, 5.74) is 3.84. The Morgan fingerprint density at radius 1 is 1.14 bits per heavy atom. The molecule has 4 heterocycles. The van der Waals surface area contributed by atoms with Gasteiger partial charge in [-0.25, -0.2) is 4.98 Å². The Hall–Kier alpha value is -3.13. The maximum atomic E-state index is 13.1. The van der Waals surface area contributed by atoms with Gasteiger partial charge in [0.05, 0.1) is 11.1 Å². The van der Waals surface area contributed by atoms with Crippen LogP contribution in [0.2, 0.25) is 0 Å². The Balaban J connectivity index is 1.42. The number of ketones is 1. The molecule has 0 unspecified atom stereocenters. The zero-order valence-electron chi connectivity index (χ0n) is 22.0. The smallest absolute Gasteiger partial charge is 0.217 e. The molecule has 0 N–H and O–H groups in total. The molecule has 194 valence electrons. The predicted octanol–water partition coefficient (Wildman–Crippen LogP) is 5.08. The second kappa shape index (κ2) is 9.63. The number of ether oxygens (including phenoxy) is 1. The minimum atomic E-state index is -0.507. The number of nitrogens with zero attached hydrogens (tertiary/aromatic N) is 5. The number of carbonyl (C=O) groups excluding carboxylic acids is 1. The van der Waals surface area contributed by atoms with E-state index in [4.69, 9.17) is 19.2 Å². The van der Waals surface area contributed by atoms with E-state index in [1.807, 2.05) is 31.3 Å². The molecule has 3 aromatic rings. The highest BCUT2D eigenvalue weighted by Crippen LogP contribution is 2.47. The summed E-state index contributed by atoms with van der Waals surface area (Å²) in [4.78, 5) is 29.7. The molecule has 3 atom stereocenters. The van der Waals surface area contributed by atoms with Crippen LogP contribution in [0.5, 0.6) is 5.88 Å². The second-order valence-electron chi connectivity index (χ2n) is 11.0. The van der Waals surface area contributed by atoms with E-state index in [1.54, 1.807) is 0 Å². The van der Waals surface area contributed by atoms with Crippen molar-refractivity contribution < 1.29 is 14.1 Å². The number of likely N-dealkylation sites (tertiary alicyclic amines) is 1. The van der Waals surface area contributed by atoms with Crippen LogP contribution in [0.4, 0.5) is 0 Å². The van der Waals surface area contributed by atoms with Crippen molar-refractivity contribution in [2.24, 2.45) is 0 Å². The number of carbonyl (C=O) groups is 1. The summed E-state index contributed by atoms with van der Waals surface area (Å²) in [5.74, 6) is 1.83. The van der Waals surface area contributed by atoms with Gasteiger partial charge in [0.1, 0.15) is 17.6 Å². The number of hydrogen-bond acceptors (Lipinski definition) is 8. The lowest BCUT2D eigenvalue weighted by molar-refractivity contribution is -0.127. The number of fused-ring (bicyclic) bond motifs is 2. The van der Waals surface area contributed by atoms with E-state index in [0.717, 1.165) is 79.7 Å². The van der Waals surface area contributed by atoms with Crippen LogP contribution in [0.25, 0.3) is 22.8 Å². The van der Waals surface area contributed by atoms with E-state index in [-0.39, 0.29) is 6.10 Å². The lowest BCUT2D eigenvalue weighted by Gasteiger charge is -2.37. The minimum absolute atomic E-state index is 0.0222. The lowest BCUT2D eigenvalue weighted by atomic mass is 9.64. The first-order valence-electron chi connectivity index (χ1n) is 13.7. The van der Waals surface area contributed by atoms with Crippen LogP contribution in [-0.4, -0.2) is 56.5 Å². The maximum absolute atomic E-state index is 13.1. The number of aryl methyl sites for hydroxylation is 1. The maximum Gasteiger partial charge on any atom is 0.217 e. The van der Waals surface area contributed by atoms with Gasteiger partial charge >= 0.3 is 0 Å². The summed E-state index contributed by atoms with van der Waals surface area (Å²) >= 11 is 0. The number of aromatic nitrogens is 4. The third-order valence-electron chi connectivity index (χ3n) is 8.60. The zero-order chi connectivity index (χ0) is 25.6. The Morgan fingerprint density at radius 3 is 2.76 bits per heavy atom. The molecule has 8 nitrogen and oxygen atoms in total. The van der Waals surface area contributed by atoms with Gasteiger partial charge in [-0.1, -0.05) is 11.6 Å². The molecule has 1 saturated carbocycles. The molecule has 1 saturated heterocycles. The van der Waals surface area contributed by atoms with Crippen molar-refractivity contribution in [3.8, 4) is 28.7 Å². The van der Waals surface area contributed by atoms with Gasteiger partial charge in [-0.2, -0.15) is 4.98 Å². The number of rotatable bonds is 5. The normalized spacial score (nSPS) is 24.8. The first-order chi connectivity index (χ1) is 17.9. The monoisotopic (exact) mass is 501 g/mol. The number of hydrogen-bond donors (Lipinski definition) is 0. The highest BCUT2D eigenvalue weighted by molar-refractivity contribution is 5.91. The molecule has 0 amide bonds. The van der Waals surface area contributed by atoms with Crippen molar-refractivity contribution in [2.45, 2.75) is 89.2 Å². The molecule has 1 aliphatic heterocycles. The molecule has 3 aliphatic rings. The van der Waals surface area contributed by atoms with Gasteiger partial charge in [0, 0.05) is 41.5 Å². The molecule has 2 aliphatic carbocycles. The number of Topliss-reactive ketones (excluding diaryl/α,β-unsaturated/α-hetero) is 1. The van der Waals surface area contributed by atoms with E-state index in [2.05, 4.69) is 29.0 Å². The second-order valence-corrected chi connectivity index (χ2v) is 11.0. The topological polar surface area (TPSA) is 94.2 Å². The van der Waals surface area contributed by atoms with Crippen LogP contribution in [0.1, 0.15) is 75.2 Å². The van der Waals surface area contributed by atoms with Gasteiger partial charge < -0.3 is 9.26 Å². The van der Waals surface area contributed by atoms with Crippen molar-refractivity contribution in [3.63, 3.8) is 0 Å². The van der Waals surface area contributed by atoms with Crippen LogP contribution < -0.4 is 4.74 Å². The Bertz CT molecular complexity index is 1300. The van der Waals surface area contributed by atoms with E-state index in [9.17, 15) is 4.79 Å².